The van der Waals surface area contributed by atoms with E-state index in [1.165, 1.54) is 0 Å². The lowest BCUT2D eigenvalue weighted by atomic mass is 10.1. The molecule has 1 saturated heterocycles. The third kappa shape index (κ3) is 2.49. The van der Waals surface area contributed by atoms with Crippen molar-refractivity contribution in [3.05, 3.63) is 24.2 Å². The molecule has 0 spiro atoms. The van der Waals surface area contributed by atoms with E-state index in [1.807, 2.05) is 19.1 Å². The molecule has 2 amide bonds. The molecule has 1 fully saturated rings. The van der Waals surface area contributed by atoms with Crippen LogP contribution in [0.15, 0.2) is 22.8 Å². The maximum Gasteiger partial charge on any atom is 0.244 e. The van der Waals surface area contributed by atoms with E-state index in [0.717, 1.165) is 5.76 Å². The maximum atomic E-state index is 11.3. The van der Waals surface area contributed by atoms with E-state index < -0.39 is 6.04 Å². The molecule has 1 aliphatic heterocycles. The third-order valence-electron chi connectivity index (χ3n) is 2.54. The summed E-state index contributed by atoms with van der Waals surface area (Å²) in [5.74, 6) is 0.411. The van der Waals surface area contributed by atoms with Gasteiger partial charge >= 0.3 is 0 Å². The van der Waals surface area contributed by atoms with Crippen molar-refractivity contribution in [2.24, 2.45) is 0 Å². The number of carbonyl (C=O) groups excluding carboxylic acids is 2. The number of hydrogen-bond donors (Lipinski definition) is 2. The van der Waals surface area contributed by atoms with E-state index in [0.29, 0.717) is 6.42 Å². The first-order chi connectivity index (χ1) is 7.65. The van der Waals surface area contributed by atoms with Gasteiger partial charge in [0.15, 0.2) is 0 Å². The van der Waals surface area contributed by atoms with Gasteiger partial charge in [-0.2, -0.15) is 0 Å². The molecular formula is C11H14N2O3. The van der Waals surface area contributed by atoms with Gasteiger partial charge in [0.25, 0.3) is 0 Å². The highest BCUT2D eigenvalue weighted by atomic mass is 16.3. The van der Waals surface area contributed by atoms with Crippen LogP contribution in [-0.4, -0.2) is 23.9 Å². The van der Waals surface area contributed by atoms with Crippen LogP contribution in [0.1, 0.15) is 19.1 Å². The molecule has 5 nitrogen and oxygen atoms in total. The van der Waals surface area contributed by atoms with Crippen LogP contribution in [-0.2, 0) is 16.0 Å². The number of imide groups is 1. The molecule has 2 N–H and O–H groups in total. The van der Waals surface area contributed by atoms with Gasteiger partial charge in [0.1, 0.15) is 5.76 Å². The van der Waals surface area contributed by atoms with E-state index in [-0.39, 0.29) is 24.3 Å². The lowest BCUT2D eigenvalue weighted by molar-refractivity contribution is -0.125. The quantitative estimate of drug-likeness (QED) is 0.715. The van der Waals surface area contributed by atoms with Crippen molar-refractivity contribution in [3.63, 3.8) is 0 Å². The van der Waals surface area contributed by atoms with E-state index in [9.17, 15) is 9.59 Å². The Morgan fingerprint density at radius 3 is 3.00 bits per heavy atom. The average Bonchev–Trinajstić information content (AvgIpc) is 2.78. The fourth-order valence-electron chi connectivity index (χ4n) is 1.82. The molecule has 16 heavy (non-hydrogen) atoms. The summed E-state index contributed by atoms with van der Waals surface area (Å²) in [4.78, 5) is 22.3. The zero-order chi connectivity index (χ0) is 11.5. The van der Waals surface area contributed by atoms with Crippen LogP contribution in [0, 0.1) is 0 Å². The summed E-state index contributed by atoms with van der Waals surface area (Å²) < 4.78 is 5.21. The summed E-state index contributed by atoms with van der Waals surface area (Å²) in [6.07, 6.45) is 2.54. The number of hydrogen-bond acceptors (Lipinski definition) is 4. The molecule has 5 heteroatoms. The Morgan fingerprint density at radius 1 is 1.62 bits per heavy atom. The normalized spacial score (nSPS) is 22.2. The molecule has 0 radical (unpaired) electrons. The fraction of sp³-hybridized carbons (Fsp3) is 0.455. The summed E-state index contributed by atoms with van der Waals surface area (Å²) in [5.41, 5.74) is 0. The predicted octanol–water partition coefficient (Wildman–Crippen LogP) is 0.215. The molecule has 2 heterocycles. The van der Waals surface area contributed by atoms with Gasteiger partial charge < -0.3 is 9.73 Å². The van der Waals surface area contributed by atoms with Gasteiger partial charge in [-0.3, -0.25) is 14.9 Å². The van der Waals surface area contributed by atoms with Crippen LogP contribution in [0.25, 0.3) is 0 Å². The monoisotopic (exact) mass is 222 g/mol. The van der Waals surface area contributed by atoms with Crippen molar-refractivity contribution < 1.29 is 14.0 Å². The zero-order valence-electron chi connectivity index (χ0n) is 9.03. The highest BCUT2D eigenvalue weighted by Gasteiger charge is 2.31. The van der Waals surface area contributed by atoms with Gasteiger partial charge in [-0.1, -0.05) is 0 Å². The van der Waals surface area contributed by atoms with Crippen LogP contribution in [0.2, 0.25) is 0 Å². The highest BCUT2D eigenvalue weighted by Crippen LogP contribution is 2.07. The number of amides is 2. The lowest BCUT2D eigenvalue weighted by Crippen LogP contribution is -2.42. The molecule has 0 aromatic carbocycles. The first kappa shape index (κ1) is 10.9. The van der Waals surface area contributed by atoms with E-state index in [2.05, 4.69) is 10.6 Å². The highest BCUT2D eigenvalue weighted by molar-refractivity contribution is 6.05. The summed E-state index contributed by atoms with van der Waals surface area (Å²) in [6, 6.07) is 3.40. The van der Waals surface area contributed by atoms with Crippen molar-refractivity contribution in [1.82, 2.24) is 10.6 Å². The minimum absolute atomic E-state index is 0.0906. The SMILES string of the molecule is CC(Cc1ccco1)NC1CC(=O)NC1=O. The Kier molecular flexibility index (Phi) is 3.05. The summed E-state index contributed by atoms with van der Waals surface area (Å²) in [6.45, 7) is 1.96. The fourth-order valence-corrected chi connectivity index (χ4v) is 1.82. The zero-order valence-corrected chi connectivity index (χ0v) is 9.03. The molecule has 2 atom stereocenters. The second-order valence-corrected chi connectivity index (χ2v) is 4.02. The van der Waals surface area contributed by atoms with Crippen LogP contribution >= 0.6 is 0 Å². The van der Waals surface area contributed by atoms with Gasteiger partial charge in [-0.25, -0.2) is 0 Å². The number of nitrogens with one attached hydrogen (secondary N) is 2. The van der Waals surface area contributed by atoms with E-state index >= 15 is 0 Å². The Bertz CT molecular complexity index is 386. The van der Waals surface area contributed by atoms with Crippen LogP contribution in [0.3, 0.4) is 0 Å². The van der Waals surface area contributed by atoms with Crippen molar-refractivity contribution in [3.8, 4) is 0 Å². The average molecular weight is 222 g/mol. The molecule has 2 rings (SSSR count). The standard InChI is InChI=1S/C11H14N2O3/c1-7(5-8-3-2-4-16-8)12-9-6-10(14)13-11(9)15/h2-4,7,9,12H,5-6H2,1H3,(H,13,14,15). The number of carbonyl (C=O) groups is 2. The summed E-state index contributed by atoms with van der Waals surface area (Å²) >= 11 is 0. The topological polar surface area (TPSA) is 71.3 Å². The Morgan fingerprint density at radius 2 is 2.44 bits per heavy atom. The minimum atomic E-state index is -0.405. The second-order valence-electron chi connectivity index (χ2n) is 4.02. The first-order valence-corrected chi connectivity index (χ1v) is 5.27. The van der Waals surface area contributed by atoms with E-state index in [1.54, 1.807) is 6.26 Å². The van der Waals surface area contributed by atoms with Gasteiger partial charge in [0.05, 0.1) is 18.7 Å². The van der Waals surface area contributed by atoms with Gasteiger partial charge in [-0.15, -0.1) is 0 Å². The van der Waals surface area contributed by atoms with Gasteiger partial charge in [0, 0.05) is 12.5 Å². The second kappa shape index (κ2) is 4.49. The Labute approximate surface area is 93.2 Å². The van der Waals surface area contributed by atoms with Crippen LogP contribution in [0.5, 0.6) is 0 Å². The molecular weight excluding hydrogens is 208 g/mol. The van der Waals surface area contributed by atoms with Crippen molar-refractivity contribution >= 4 is 11.8 Å². The summed E-state index contributed by atoms with van der Waals surface area (Å²) in [7, 11) is 0. The third-order valence-corrected chi connectivity index (χ3v) is 2.54. The largest absolute Gasteiger partial charge is 0.469 e. The molecule has 1 aromatic rings. The van der Waals surface area contributed by atoms with Crippen molar-refractivity contribution in [2.75, 3.05) is 0 Å². The molecule has 0 bridgehead atoms. The first-order valence-electron chi connectivity index (χ1n) is 5.27. The smallest absolute Gasteiger partial charge is 0.244 e. The molecule has 0 aliphatic carbocycles. The molecule has 2 unspecified atom stereocenters. The van der Waals surface area contributed by atoms with Crippen molar-refractivity contribution in [2.45, 2.75) is 31.8 Å². The van der Waals surface area contributed by atoms with Gasteiger partial charge in [0.2, 0.25) is 11.8 Å². The lowest BCUT2D eigenvalue weighted by Gasteiger charge is -2.15. The molecule has 86 valence electrons. The van der Waals surface area contributed by atoms with Crippen LogP contribution < -0.4 is 10.6 Å². The van der Waals surface area contributed by atoms with Crippen molar-refractivity contribution in [1.29, 1.82) is 0 Å². The Balaban J connectivity index is 1.85. The molecule has 1 aromatic heterocycles. The molecule has 1 aliphatic rings. The number of rotatable bonds is 4. The molecule has 0 saturated carbocycles. The Hall–Kier alpha value is -1.62. The maximum absolute atomic E-state index is 11.3. The summed E-state index contributed by atoms with van der Waals surface area (Å²) in [5, 5.41) is 5.37. The predicted molar refractivity (Wildman–Crippen MR) is 56.6 cm³/mol. The van der Waals surface area contributed by atoms with Gasteiger partial charge in [-0.05, 0) is 19.1 Å². The van der Waals surface area contributed by atoms with Crippen LogP contribution in [0.4, 0.5) is 0 Å². The number of furan rings is 1. The van der Waals surface area contributed by atoms with E-state index in [4.69, 9.17) is 4.42 Å². The minimum Gasteiger partial charge on any atom is -0.469 e.